The molecule has 1 aliphatic heterocycles. The Hall–Kier alpha value is -2.93. The minimum Gasteiger partial charge on any atom is -0.297 e. The second-order valence-electron chi connectivity index (χ2n) is 9.02. The Morgan fingerprint density at radius 3 is 2.19 bits per heavy atom. The van der Waals surface area contributed by atoms with Gasteiger partial charge in [0.15, 0.2) is 0 Å². The summed E-state index contributed by atoms with van der Waals surface area (Å²) < 4.78 is 17.3. The molecule has 1 heterocycles. The topological polar surface area (TPSA) is 20.3 Å². The molecule has 1 saturated heterocycles. The number of nitrogens with zero attached hydrogens (tertiary/aromatic N) is 1. The average molecular weight is 436 g/mol. The van der Waals surface area contributed by atoms with E-state index in [0.717, 1.165) is 16.0 Å². The summed E-state index contributed by atoms with van der Waals surface area (Å²) in [5.41, 5.74) is 3.88. The van der Waals surface area contributed by atoms with Crippen LogP contribution in [-0.4, -0.2) is 11.7 Å². The van der Waals surface area contributed by atoms with Gasteiger partial charge < -0.3 is 0 Å². The molecule has 0 amide bonds. The number of hydrogen-bond acceptors (Lipinski definition) is 1. The number of benzene rings is 4. The quantitative estimate of drug-likeness (QED) is 0.310. The highest BCUT2D eigenvalue weighted by Crippen LogP contribution is 2.73. The van der Waals surface area contributed by atoms with Gasteiger partial charge in [-0.25, -0.2) is 4.67 Å². The van der Waals surface area contributed by atoms with Crippen LogP contribution in [0, 0.1) is 0 Å². The van der Waals surface area contributed by atoms with Crippen LogP contribution in [0.1, 0.15) is 41.5 Å². The smallest absolute Gasteiger partial charge is 0.204 e. The highest BCUT2D eigenvalue weighted by atomic mass is 31.2. The molecule has 1 aliphatic carbocycles. The molecule has 0 bridgehead atoms. The van der Waals surface area contributed by atoms with Gasteiger partial charge in [-0.05, 0) is 46.6 Å². The Bertz CT molecular complexity index is 1410. The molecule has 0 aromatic heterocycles. The molecule has 1 fully saturated rings. The van der Waals surface area contributed by atoms with Gasteiger partial charge in [0.1, 0.15) is 0 Å². The molecule has 4 atom stereocenters. The lowest BCUT2D eigenvalue weighted by Crippen LogP contribution is -2.22. The summed E-state index contributed by atoms with van der Waals surface area (Å²) in [5.74, 6) is 0.334. The Morgan fingerprint density at radius 2 is 1.41 bits per heavy atom. The third kappa shape index (κ3) is 2.73. The molecular formula is C29H26NOP. The molecule has 158 valence electrons. The largest absolute Gasteiger partial charge is 0.297 e. The normalized spacial score (nSPS) is 27.1. The van der Waals surface area contributed by atoms with Crippen molar-refractivity contribution in [1.29, 1.82) is 0 Å². The molecule has 0 spiro atoms. The van der Waals surface area contributed by atoms with E-state index in [2.05, 4.69) is 116 Å². The minimum atomic E-state index is -2.97. The maximum Gasteiger partial charge on any atom is 0.204 e. The molecule has 6 rings (SSSR count). The molecule has 0 radical (unpaired) electrons. The number of fused-ring (bicyclic) bond motifs is 4. The summed E-state index contributed by atoms with van der Waals surface area (Å²) >= 11 is 0. The van der Waals surface area contributed by atoms with Crippen LogP contribution in [0.5, 0.6) is 0 Å². The second-order valence-corrected chi connectivity index (χ2v) is 11.8. The van der Waals surface area contributed by atoms with Crippen LogP contribution in [0.25, 0.3) is 10.8 Å². The van der Waals surface area contributed by atoms with Crippen LogP contribution in [-0.2, 0) is 4.57 Å². The van der Waals surface area contributed by atoms with Crippen molar-refractivity contribution in [2.24, 2.45) is 0 Å². The minimum absolute atomic E-state index is 0.0356. The molecule has 3 heteroatoms. The van der Waals surface area contributed by atoms with Crippen molar-refractivity contribution < 1.29 is 4.57 Å². The summed E-state index contributed by atoms with van der Waals surface area (Å²) in [6.45, 7) is 2.22. The zero-order valence-electron chi connectivity index (χ0n) is 18.3. The van der Waals surface area contributed by atoms with E-state index in [4.69, 9.17) is 0 Å². The van der Waals surface area contributed by atoms with Gasteiger partial charge in [0.25, 0.3) is 0 Å². The zero-order valence-corrected chi connectivity index (χ0v) is 19.2. The number of allylic oxidation sites excluding steroid dienone is 1. The first-order valence-corrected chi connectivity index (χ1v) is 12.9. The molecule has 2 nitrogen and oxygen atoms in total. The molecule has 0 N–H and O–H groups in total. The fourth-order valence-corrected chi connectivity index (χ4v) is 9.08. The Balaban J connectivity index is 1.62. The predicted octanol–water partition coefficient (Wildman–Crippen LogP) is 7.21. The van der Waals surface area contributed by atoms with Crippen molar-refractivity contribution >= 4 is 23.4 Å². The fourth-order valence-electron chi connectivity index (χ4n) is 5.77. The second kappa shape index (κ2) is 7.30. The average Bonchev–Trinajstić information content (AvgIpc) is 3.07. The monoisotopic (exact) mass is 435 g/mol. The molecule has 0 saturated carbocycles. The summed E-state index contributed by atoms with van der Waals surface area (Å²) in [5, 5.41) is 4.34. The fraction of sp³-hybridized carbons (Fsp3) is 0.172. The lowest BCUT2D eigenvalue weighted by Gasteiger charge is -2.29. The standard InChI is InChI=1S/C29H26NOP/c1-20-18-27-28(26-15-9-8-14-25(20)26)29(22-11-4-3-5-12-22)30(2)32(27,31)24-17-16-21-10-6-7-13-23(21)19-24/h3-20,28-29H,1-2H3/t20-,28+,29-,32-/m0/s1. The third-order valence-electron chi connectivity index (χ3n) is 7.30. The maximum atomic E-state index is 15.2. The van der Waals surface area contributed by atoms with Crippen molar-refractivity contribution in [2.45, 2.75) is 24.8 Å². The van der Waals surface area contributed by atoms with Gasteiger partial charge in [0.05, 0.1) is 6.04 Å². The van der Waals surface area contributed by atoms with Crippen LogP contribution in [0.4, 0.5) is 0 Å². The van der Waals surface area contributed by atoms with Crippen molar-refractivity contribution in [1.82, 2.24) is 4.67 Å². The summed E-state index contributed by atoms with van der Waals surface area (Å²) in [7, 11) is -0.914. The van der Waals surface area contributed by atoms with Crippen LogP contribution < -0.4 is 5.30 Å². The van der Waals surface area contributed by atoms with Gasteiger partial charge in [0, 0.05) is 22.5 Å². The summed E-state index contributed by atoms with van der Waals surface area (Å²) in [6.07, 6.45) is 2.29. The van der Waals surface area contributed by atoms with Crippen molar-refractivity contribution in [2.75, 3.05) is 7.05 Å². The van der Waals surface area contributed by atoms with Gasteiger partial charge in [-0.15, -0.1) is 0 Å². The lowest BCUT2D eigenvalue weighted by atomic mass is 9.77. The van der Waals surface area contributed by atoms with E-state index < -0.39 is 7.29 Å². The zero-order chi connectivity index (χ0) is 21.9. The van der Waals surface area contributed by atoms with Crippen LogP contribution in [0.15, 0.2) is 108 Å². The maximum absolute atomic E-state index is 15.2. The Labute approximate surface area is 189 Å². The molecule has 4 aromatic rings. The molecule has 0 unspecified atom stereocenters. The van der Waals surface area contributed by atoms with E-state index in [0.29, 0.717) is 0 Å². The molecular weight excluding hydrogens is 409 g/mol. The van der Waals surface area contributed by atoms with Gasteiger partial charge in [-0.1, -0.05) is 97.9 Å². The first-order valence-electron chi connectivity index (χ1n) is 11.3. The number of rotatable bonds is 2. The van der Waals surface area contributed by atoms with Crippen molar-refractivity contribution in [3.63, 3.8) is 0 Å². The SMILES string of the molecule is C[C@H]1C=C2[C@@H](c3ccccc31)[C@H](c1ccccc1)N(C)[P@]2(=O)c1ccc2ccccc2c1. The van der Waals surface area contributed by atoms with E-state index in [1.54, 1.807) is 0 Å². The van der Waals surface area contributed by atoms with Crippen LogP contribution >= 0.6 is 7.29 Å². The summed E-state index contributed by atoms with van der Waals surface area (Å²) in [4.78, 5) is 0. The third-order valence-corrected chi connectivity index (χ3v) is 10.5. The van der Waals surface area contributed by atoms with Crippen molar-refractivity contribution in [3.8, 4) is 0 Å². The van der Waals surface area contributed by atoms with E-state index >= 15 is 4.57 Å². The first kappa shape index (κ1) is 19.7. The van der Waals surface area contributed by atoms with E-state index in [1.807, 2.05) is 6.07 Å². The van der Waals surface area contributed by atoms with Gasteiger partial charge in [0.2, 0.25) is 7.29 Å². The molecule has 2 aliphatic rings. The predicted molar refractivity (Wildman–Crippen MR) is 134 cm³/mol. The van der Waals surface area contributed by atoms with E-state index in [-0.39, 0.29) is 17.9 Å². The van der Waals surface area contributed by atoms with Crippen LogP contribution in [0.3, 0.4) is 0 Å². The number of likely N-dealkylation sites (N-methyl/N-ethyl adjacent to an activating group) is 1. The van der Waals surface area contributed by atoms with Gasteiger partial charge in [-0.3, -0.25) is 4.57 Å². The first-order chi connectivity index (χ1) is 15.6. The van der Waals surface area contributed by atoms with Crippen molar-refractivity contribution in [3.05, 3.63) is 125 Å². The molecule has 32 heavy (non-hydrogen) atoms. The molecule has 4 aromatic carbocycles. The van der Waals surface area contributed by atoms with Crippen LogP contribution in [0.2, 0.25) is 0 Å². The van der Waals surface area contributed by atoms with E-state index in [1.165, 1.54) is 22.1 Å². The number of hydrogen-bond donors (Lipinski definition) is 0. The van der Waals surface area contributed by atoms with Gasteiger partial charge in [-0.2, -0.15) is 0 Å². The lowest BCUT2D eigenvalue weighted by molar-refractivity contribution is 0.383. The Kier molecular flexibility index (Phi) is 4.50. The van der Waals surface area contributed by atoms with E-state index in [9.17, 15) is 0 Å². The summed E-state index contributed by atoms with van der Waals surface area (Å²) in [6, 6.07) is 34.0. The highest BCUT2D eigenvalue weighted by Gasteiger charge is 2.54. The van der Waals surface area contributed by atoms with Gasteiger partial charge >= 0.3 is 0 Å². The highest BCUT2D eigenvalue weighted by molar-refractivity contribution is 7.73. The Morgan fingerprint density at radius 1 is 0.750 bits per heavy atom.